The van der Waals surface area contributed by atoms with Crippen LogP contribution in [0.4, 0.5) is 24.5 Å². The Kier molecular flexibility index (Phi) is 6.55. The fraction of sp³-hybridized carbons (Fsp3) is 0.143. The summed E-state index contributed by atoms with van der Waals surface area (Å²) in [6.45, 7) is 0. The zero-order valence-corrected chi connectivity index (χ0v) is 12.8. The van der Waals surface area contributed by atoms with Crippen molar-refractivity contribution in [2.75, 3.05) is 12.1 Å². The zero-order valence-electron chi connectivity index (χ0n) is 12.0. The molecule has 0 bridgehead atoms. The van der Waals surface area contributed by atoms with E-state index in [2.05, 4.69) is 29.7 Å². The van der Waals surface area contributed by atoms with E-state index in [9.17, 15) is 13.2 Å². The number of benzene rings is 2. The Morgan fingerprint density at radius 1 is 0.913 bits per heavy atom. The second kappa shape index (κ2) is 7.95. The van der Waals surface area contributed by atoms with Crippen LogP contribution >= 0.6 is 0 Å². The summed E-state index contributed by atoms with van der Waals surface area (Å²) in [6.07, 6.45) is 0. The zero-order chi connectivity index (χ0) is 17.5. The molecule has 0 fully saturated rings. The van der Waals surface area contributed by atoms with Gasteiger partial charge in [0.25, 0.3) is 0 Å². The van der Waals surface area contributed by atoms with E-state index >= 15 is 0 Å². The number of rotatable bonds is 3. The van der Waals surface area contributed by atoms with E-state index in [1.165, 1.54) is 0 Å². The van der Waals surface area contributed by atoms with E-state index in [0.717, 1.165) is 11.4 Å². The third-order valence-electron chi connectivity index (χ3n) is 2.54. The van der Waals surface area contributed by atoms with Gasteiger partial charge in [-0.2, -0.15) is 21.6 Å². The van der Waals surface area contributed by atoms with E-state index in [-0.39, 0.29) is 0 Å². The molecule has 0 amide bonds. The lowest BCUT2D eigenvalue weighted by Gasteiger charge is -2.23. The van der Waals surface area contributed by atoms with E-state index in [1.54, 1.807) is 0 Å². The molecule has 126 valence electrons. The topological polar surface area (TPSA) is 69.6 Å². The summed E-state index contributed by atoms with van der Waals surface area (Å²) in [4.78, 5) is 0. The molecule has 0 aliphatic carbocycles. The Balaban J connectivity index is 0.000000284. The number of hydrogen-bond donors (Lipinski definition) is 2. The third kappa shape index (κ3) is 5.89. The quantitative estimate of drug-likeness (QED) is 0.506. The van der Waals surface area contributed by atoms with Gasteiger partial charge >= 0.3 is 15.6 Å². The highest BCUT2D eigenvalue weighted by atomic mass is 32.2. The minimum Gasteiger partial charge on any atom is -0.279 e. The van der Waals surface area contributed by atoms with Gasteiger partial charge in [0.15, 0.2) is 0 Å². The van der Waals surface area contributed by atoms with E-state index in [4.69, 9.17) is 13.0 Å². The predicted molar refractivity (Wildman–Crippen MR) is 81.7 cm³/mol. The highest BCUT2D eigenvalue weighted by molar-refractivity contribution is 7.86. The summed E-state index contributed by atoms with van der Waals surface area (Å²) in [6, 6.07) is 20.4. The molecule has 2 rings (SSSR count). The SMILES string of the molecule is CNN(c1ccccc1)c1ccccc1.O=S(=O)(O)C(F)(F)F. The Bertz CT molecular complexity index is 653. The van der Waals surface area contributed by atoms with Crippen molar-refractivity contribution in [2.45, 2.75) is 5.51 Å². The van der Waals surface area contributed by atoms with Crippen molar-refractivity contribution in [3.63, 3.8) is 0 Å². The first-order chi connectivity index (χ1) is 10.7. The molecule has 0 radical (unpaired) electrons. The average Bonchev–Trinajstić information content (AvgIpc) is 2.49. The molecule has 0 aromatic heterocycles. The fourth-order valence-electron chi connectivity index (χ4n) is 1.56. The number of hydrazine groups is 1. The summed E-state index contributed by atoms with van der Waals surface area (Å²) in [7, 11) is -3.92. The van der Waals surface area contributed by atoms with Crippen molar-refractivity contribution < 1.29 is 26.1 Å². The smallest absolute Gasteiger partial charge is 0.279 e. The van der Waals surface area contributed by atoms with Gasteiger partial charge in [0, 0.05) is 7.05 Å². The van der Waals surface area contributed by atoms with Crippen molar-refractivity contribution >= 4 is 21.5 Å². The highest BCUT2D eigenvalue weighted by Gasteiger charge is 2.44. The normalized spacial score (nSPS) is 11.3. The number of nitrogens with one attached hydrogen (secondary N) is 1. The van der Waals surface area contributed by atoms with Crippen molar-refractivity contribution in [1.82, 2.24) is 5.43 Å². The summed E-state index contributed by atoms with van der Waals surface area (Å²) in [5.41, 5.74) is -0.105. The van der Waals surface area contributed by atoms with Crippen molar-refractivity contribution in [2.24, 2.45) is 0 Å². The number of para-hydroxylation sites is 2. The molecule has 0 heterocycles. The van der Waals surface area contributed by atoms with Gasteiger partial charge < -0.3 is 0 Å². The second-order valence-corrected chi connectivity index (χ2v) is 5.56. The summed E-state index contributed by atoms with van der Waals surface area (Å²) in [5.74, 6) is 0. The van der Waals surface area contributed by atoms with Crippen molar-refractivity contribution in [3.8, 4) is 0 Å². The van der Waals surface area contributed by atoms with Gasteiger partial charge in [-0.1, -0.05) is 36.4 Å². The molecule has 0 saturated heterocycles. The number of alkyl halides is 3. The summed E-state index contributed by atoms with van der Waals surface area (Å²) in [5, 5.41) is 2.04. The molecule has 0 spiro atoms. The van der Waals surface area contributed by atoms with Crippen LogP contribution in [0.5, 0.6) is 0 Å². The Morgan fingerprint density at radius 2 is 1.22 bits per heavy atom. The first kappa shape index (κ1) is 18.9. The summed E-state index contributed by atoms with van der Waals surface area (Å²) < 4.78 is 57.5. The molecule has 5 nitrogen and oxygen atoms in total. The maximum Gasteiger partial charge on any atom is 0.522 e. The van der Waals surface area contributed by atoms with Crippen LogP contribution < -0.4 is 10.4 Å². The molecule has 2 aromatic rings. The number of halogens is 3. The molecule has 0 unspecified atom stereocenters. The second-order valence-electron chi connectivity index (χ2n) is 4.15. The van der Waals surface area contributed by atoms with Crippen LogP contribution in [0.25, 0.3) is 0 Å². The monoisotopic (exact) mass is 348 g/mol. The van der Waals surface area contributed by atoms with Crippen LogP contribution in [0.1, 0.15) is 0 Å². The fourth-order valence-corrected chi connectivity index (χ4v) is 1.56. The largest absolute Gasteiger partial charge is 0.522 e. The maximum absolute atomic E-state index is 10.7. The first-order valence-electron chi connectivity index (χ1n) is 6.28. The van der Waals surface area contributed by atoms with Gasteiger partial charge in [0.1, 0.15) is 0 Å². The van der Waals surface area contributed by atoms with E-state index < -0.39 is 15.6 Å². The first-order valence-corrected chi connectivity index (χ1v) is 7.72. The van der Waals surface area contributed by atoms with Crippen LogP contribution in [-0.4, -0.2) is 25.5 Å². The third-order valence-corrected chi connectivity index (χ3v) is 3.13. The number of nitrogens with zero attached hydrogens (tertiary/aromatic N) is 1. The van der Waals surface area contributed by atoms with Crippen LogP contribution in [0.15, 0.2) is 60.7 Å². The maximum atomic E-state index is 10.7. The Hall–Kier alpha value is -2.10. The number of hydrogen-bond acceptors (Lipinski definition) is 4. The molecule has 23 heavy (non-hydrogen) atoms. The van der Waals surface area contributed by atoms with Crippen molar-refractivity contribution in [1.29, 1.82) is 0 Å². The Labute approximate surface area is 132 Å². The predicted octanol–water partition coefficient (Wildman–Crippen LogP) is 3.35. The van der Waals surface area contributed by atoms with Gasteiger partial charge in [0.2, 0.25) is 0 Å². The molecule has 0 saturated carbocycles. The Morgan fingerprint density at radius 3 is 1.43 bits per heavy atom. The minimum atomic E-state index is -5.84. The highest BCUT2D eigenvalue weighted by Crippen LogP contribution is 2.22. The average molecular weight is 348 g/mol. The van der Waals surface area contributed by atoms with E-state index in [1.807, 2.05) is 48.5 Å². The van der Waals surface area contributed by atoms with Crippen LogP contribution in [0.3, 0.4) is 0 Å². The molecular weight excluding hydrogens is 333 g/mol. The van der Waals surface area contributed by atoms with Gasteiger partial charge in [-0.15, -0.1) is 0 Å². The van der Waals surface area contributed by atoms with E-state index in [0.29, 0.717) is 0 Å². The van der Waals surface area contributed by atoms with Gasteiger partial charge in [-0.05, 0) is 24.3 Å². The molecule has 2 aromatic carbocycles. The van der Waals surface area contributed by atoms with Crippen LogP contribution in [0.2, 0.25) is 0 Å². The number of anilines is 2. The lowest BCUT2D eigenvalue weighted by atomic mass is 10.2. The molecule has 0 atom stereocenters. The van der Waals surface area contributed by atoms with Gasteiger partial charge in [-0.25, -0.2) is 5.43 Å². The van der Waals surface area contributed by atoms with Gasteiger partial charge in [0.05, 0.1) is 11.4 Å². The molecule has 2 N–H and O–H groups in total. The van der Waals surface area contributed by atoms with Crippen LogP contribution in [0, 0.1) is 0 Å². The lowest BCUT2D eigenvalue weighted by Crippen LogP contribution is -2.29. The molecule has 9 heteroatoms. The lowest BCUT2D eigenvalue weighted by molar-refractivity contribution is -0.0510. The standard InChI is InChI=1S/C13H14N2.CHF3O3S/c1-14-15(12-8-4-2-5-9-12)13-10-6-3-7-11-13;2-1(3,4)8(5,6)7/h2-11,14H,1H3;(H,5,6,7). The minimum absolute atomic E-state index is 1.13. The molecular formula is C14H15F3N2O3S. The van der Waals surface area contributed by atoms with Gasteiger partial charge in [-0.3, -0.25) is 9.56 Å². The molecule has 0 aliphatic heterocycles. The molecule has 0 aliphatic rings. The summed E-state index contributed by atoms with van der Waals surface area (Å²) >= 11 is 0. The van der Waals surface area contributed by atoms with Crippen LogP contribution in [-0.2, 0) is 10.1 Å². The van der Waals surface area contributed by atoms with Crippen molar-refractivity contribution in [3.05, 3.63) is 60.7 Å².